The SMILES string of the molecule is CC/C(=C\C(=N)c1cc(NC(=O)c2ccnc(C(C)(C)C)c2)ccc1C)N1CCCCC1. The van der Waals surface area contributed by atoms with E-state index in [0.29, 0.717) is 17.0 Å². The molecule has 0 spiro atoms. The van der Waals surface area contributed by atoms with E-state index in [1.807, 2.05) is 37.3 Å². The summed E-state index contributed by atoms with van der Waals surface area (Å²) in [7, 11) is 0. The number of benzene rings is 1. The molecule has 1 aromatic carbocycles. The number of anilines is 1. The van der Waals surface area contributed by atoms with Gasteiger partial charge in [0.2, 0.25) is 0 Å². The number of aryl methyl sites for hydroxylation is 1. The van der Waals surface area contributed by atoms with E-state index in [2.05, 4.69) is 42.9 Å². The van der Waals surface area contributed by atoms with Crippen LogP contribution in [0.3, 0.4) is 0 Å². The zero-order valence-electron chi connectivity index (χ0n) is 20.1. The van der Waals surface area contributed by atoms with E-state index < -0.39 is 0 Å². The van der Waals surface area contributed by atoms with Gasteiger partial charge in [-0.05, 0) is 68.5 Å². The van der Waals surface area contributed by atoms with Crippen LogP contribution in [0.4, 0.5) is 5.69 Å². The summed E-state index contributed by atoms with van der Waals surface area (Å²) in [4.78, 5) is 19.7. The number of nitrogens with one attached hydrogen (secondary N) is 2. The highest BCUT2D eigenvalue weighted by atomic mass is 16.1. The number of aromatic nitrogens is 1. The van der Waals surface area contributed by atoms with Crippen molar-refractivity contribution in [1.82, 2.24) is 9.88 Å². The fraction of sp³-hybridized carbons (Fsp3) is 0.444. The zero-order valence-corrected chi connectivity index (χ0v) is 20.1. The highest BCUT2D eigenvalue weighted by Crippen LogP contribution is 2.23. The van der Waals surface area contributed by atoms with Crippen molar-refractivity contribution in [2.45, 2.75) is 65.7 Å². The smallest absolute Gasteiger partial charge is 0.255 e. The first-order valence-corrected chi connectivity index (χ1v) is 11.6. The molecular formula is C27H36N4O. The second-order valence-electron chi connectivity index (χ2n) is 9.61. The Labute approximate surface area is 192 Å². The van der Waals surface area contributed by atoms with Gasteiger partial charge in [0.05, 0.1) is 5.71 Å². The third kappa shape index (κ3) is 5.84. The van der Waals surface area contributed by atoms with Gasteiger partial charge in [-0.25, -0.2) is 0 Å². The molecule has 1 aliphatic heterocycles. The minimum atomic E-state index is -0.169. The number of likely N-dealkylation sites (tertiary alicyclic amines) is 1. The standard InChI is InChI=1S/C27H36N4O/c1-6-22(31-14-8-7-9-15-31)18-24(28)23-17-21(11-10-19(23)2)30-26(32)20-12-13-29-25(16-20)27(3,4)5/h10-13,16-18,28H,6-9,14-15H2,1-5H3,(H,30,32)/b22-18+,28-24?. The molecule has 1 amide bonds. The lowest BCUT2D eigenvalue weighted by molar-refractivity contribution is 0.102. The van der Waals surface area contributed by atoms with Gasteiger partial charge in [0.1, 0.15) is 0 Å². The van der Waals surface area contributed by atoms with Crippen molar-refractivity contribution in [3.05, 3.63) is 70.7 Å². The molecule has 1 aliphatic rings. The number of rotatable bonds is 6. The van der Waals surface area contributed by atoms with Crippen LogP contribution in [0.5, 0.6) is 0 Å². The van der Waals surface area contributed by atoms with Crippen molar-refractivity contribution in [2.75, 3.05) is 18.4 Å². The summed E-state index contributed by atoms with van der Waals surface area (Å²) < 4.78 is 0. The van der Waals surface area contributed by atoms with Crippen LogP contribution in [-0.4, -0.2) is 34.6 Å². The second kappa shape index (κ2) is 10.1. The van der Waals surface area contributed by atoms with Crippen molar-refractivity contribution in [1.29, 1.82) is 5.41 Å². The third-order valence-electron chi connectivity index (χ3n) is 6.01. The fourth-order valence-corrected chi connectivity index (χ4v) is 4.02. The molecule has 0 saturated carbocycles. The number of pyridine rings is 1. The molecular weight excluding hydrogens is 396 g/mol. The lowest BCUT2D eigenvalue weighted by Gasteiger charge is -2.31. The lowest BCUT2D eigenvalue weighted by Crippen LogP contribution is -2.29. The Kier molecular flexibility index (Phi) is 7.49. The van der Waals surface area contributed by atoms with Gasteiger partial charge in [-0.1, -0.05) is 33.8 Å². The van der Waals surface area contributed by atoms with Crippen molar-refractivity contribution >= 4 is 17.3 Å². The van der Waals surface area contributed by atoms with Crippen LogP contribution in [0.25, 0.3) is 0 Å². The third-order valence-corrected chi connectivity index (χ3v) is 6.01. The summed E-state index contributed by atoms with van der Waals surface area (Å²) in [6.45, 7) is 12.5. The average molecular weight is 433 g/mol. The summed E-state index contributed by atoms with van der Waals surface area (Å²) in [6.07, 6.45) is 8.33. The molecule has 1 aromatic heterocycles. The number of piperidine rings is 1. The quantitative estimate of drug-likeness (QED) is 0.543. The van der Waals surface area contributed by atoms with E-state index in [4.69, 9.17) is 5.41 Å². The fourth-order valence-electron chi connectivity index (χ4n) is 4.02. The van der Waals surface area contributed by atoms with Crippen LogP contribution in [0.15, 0.2) is 48.3 Å². The maximum absolute atomic E-state index is 12.9. The van der Waals surface area contributed by atoms with Crippen molar-refractivity contribution < 1.29 is 4.79 Å². The highest BCUT2D eigenvalue weighted by Gasteiger charge is 2.18. The zero-order chi connectivity index (χ0) is 23.3. The molecule has 5 heteroatoms. The molecule has 3 rings (SSSR count). The summed E-state index contributed by atoms with van der Waals surface area (Å²) in [6, 6.07) is 9.34. The Bertz CT molecular complexity index is 1010. The summed E-state index contributed by atoms with van der Waals surface area (Å²) in [5.41, 5.74) is 5.61. The van der Waals surface area contributed by atoms with E-state index in [1.54, 1.807) is 12.3 Å². The van der Waals surface area contributed by atoms with Crippen LogP contribution in [-0.2, 0) is 5.41 Å². The number of amides is 1. The number of hydrogen-bond acceptors (Lipinski definition) is 4. The molecule has 0 radical (unpaired) electrons. The highest BCUT2D eigenvalue weighted by molar-refractivity contribution is 6.09. The molecule has 1 fully saturated rings. The van der Waals surface area contributed by atoms with E-state index in [9.17, 15) is 4.79 Å². The van der Waals surface area contributed by atoms with Gasteiger partial charge < -0.3 is 15.6 Å². The number of allylic oxidation sites excluding steroid dienone is 2. The summed E-state index contributed by atoms with van der Waals surface area (Å²) in [5, 5.41) is 11.7. The minimum Gasteiger partial charge on any atom is -0.375 e. The maximum atomic E-state index is 12.9. The average Bonchev–Trinajstić information content (AvgIpc) is 2.78. The van der Waals surface area contributed by atoms with E-state index >= 15 is 0 Å². The van der Waals surface area contributed by atoms with Gasteiger partial charge in [-0.3, -0.25) is 9.78 Å². The van der Waals surface area contributed by atoms with Crippen molar-refractivity contribution in [3.63, 3.8) is 0 Å². The van der Waals surface area contributed by atoms with Crippen LogP contribution in [0, 0.1) is 12.3 Å². The first-order chi connectivity index (χ1) is 15.2. The Hall–Kier alpha value is -2.95. The van der Waals surface area contributed by atoms with E-state index in [1.165, 1.54) is 25.0 Å². The topological polar surface area (TPSA) is 69.1 Å². The van der Waals surface area contributed by atoms with Gasteiger partial charge >= 0.3 is 0 Å². The first-order valence-electron chi connectivity index (χ1n) is 11.6. The minimum absolute atomic E-state index is 0.125. The Morgan fingerprint density at radius 2 is 1.88 bits per heavy atom. The van der Waals surface area contributed by atoms with Gasteiger partial charge in [0.25, 0.3) is 5.91 Å². The number of carbonyl (C=O) groups excluding carboxylic acids is 1. The lowest BCUT2D eigenvalue weighted by atomic mass is 9.91. The first kappa shape index (κ1) is 23.7. The van der Waals surface area contributed by atoms with Gasteiger partial charge in [0.15, 0.2) is 0 Å². The maximum Gasteiger partial charge on any atom is 0.255 e. The molecule has 0 atom stereocenters. The van der Waals surface area contributed by atoms with Gasteiger partial charge in [-0.15, -0.1) is 0 Å². The van der Waals surface area contributed by atoms with Crippen LogP contribution >= 0.6 is 0 Å². The molecule has 1 saturated heterocycles. The van der Waals surface area contributed by atoms with Crippen LogP contribution in [0.2, 0.25) is 0 Å². The Morgan fingerprint density at radius 3 is 2.53 bits per heavy atom. The van der Waals surface area contributed by atoms with Crippen LogP contribution in [0.1, 0.15) is 80.6 Å². The van der Waals surface area contributed by atoms with Crippen molar-refractivity contribution in [2.24, 2.45) is 0 Å². The Balaban J connectivity index is 1.80. The molecule has 2 heterocycles. The molecule has 2 aromatic rings. The molecule has 170 valence electrons. The van der Waals surface area contributed by atoms with Crippen molar-refractivity contribution in [3.8, 4) is 0 Å². The Morgan fingerprint density at radius 1 is 1.16 bits per heavy atom. The summed E-state index contributed by atoms with van der Waals surface area (Å²) in [5.74, 6) is -0.169. The monoisotopic (exact) mass is 432 g/mol. The molecule has 32 heavy (non-hydrogen) atoms. The van der Waals surface area contributed by atoms with E-state index in [-0.39, 0.29) is 11.3 Å². The van der Waals surface area contributed by atoms with Crippen LogP contribution < -0.4 is 5.32 Å². The molecule has 0 unspecified atom stereocenters. The number of carbonyl (C=O) groups is 1. The number of nitrogens with zero attached hydrogens (tertiary/aromatic N) is 2. The largest absolute Gasteiger partial charge is 0.375 e. The van der Waals surface area contributed by atoms with Gasteiger partial charge in [-0.2, -0.15) is 0 Å². The predicted molar refractivity (Wildman–Crippen MR) is 133 cm³/mol. The van der Waals surface area contributed by atoms with Gasteiger partial charge in [0, 0.05) is 52.9 Å². The predicted octanol–water partition coefficient (Wildman–Crippen LogP) is 6.09. The molecule has 5 nitrogen and oxygen atoms in total. The molecule has 0 aliphatic carbocycles. The molecule has 2 N–H and O–H groups in total. The second-order valence-corrected chi connectivity index (χ2v) is 9.61. The number of hydrogen-bond donors (Lipinski definition) is 2. The molecule has 0 bridgehead atoms. The summed E-state index contributed by atoms with van der Waals surface area (Å²) >= 11 is 0. The normalized spacial score (nSPS) is 14.9. The van der Waals surface area contributed by atoms with E-state index in [0.717, 1.165) is 36.3 Å².